The van der Waals surface area contributed by atoms with Crippen LogP contribution in [0.5, 0.6) is 0 Å². The molecule has 3 N–H and O–H groups in total. The molecule has 0 saturated heterocycles. The molecule has 0 unspecified atom stereocenters. The molecule has 2 heterocycles. The smallest absolute Gasteiger partial charge is 0.352 e. The maximum absolute atomic E-state index is 12.1. The standard InChI is InChI=1S/C18H15N3O4/c22-16-3-1-2-8-21(16)11-12-4-6-14(7-5-12)20-17(23)13-9-15(18(24)25)19-10-13/h1-10,19H,11H2,(H,20,23)(H,24,25). The van der Waals surface area contributed by atoms with E-state index < -0.39 is 11.9 Å². The van der Waals surface area contributed by atoms with E-state index in [1.54, 1.807) is 35.0 Å². The zero-order chi connectivity index (χ0) is 17.8. The van der Waals surface area contributed by atoms with Crippen LogP contribution in [0.4, 0.5) is 5.69 Å². The number of aromatic carboxylic acids is 1. The summed E-state index contributed by atoms with van der Waals surface area (Å²) in [4.78, 5) is 37.1. The van der Waals surface area contributed by atoms with Crippen LogP contribution in [0.15, 0.2) is 65.7 Å². The molecule has 25 heavy (non-hydrogen) atoms. The van der Waals surface area contributed by atoms with Gasteiger partial charge in [-0.1, -0.05) is 18.2 Å². The summed E-state index contributed by atoms with van der Waals surface area (Å²) in [5.74, 6) is -1.53. The number of hydrogen-bond donors (Lipinski definition) is 3. The number of carboxylic acids is 1. The van der Waals surface area contributed by atoms with Gasteiger partial charge in [-0.15, -0.1) is 0 Å². The van der Waals surface area contributed by atoms with E-state index in [9.17, 15) is 14.4 Å². The van der Waals surface area contributed by atoms with E-state index in [2.05, 4.69) is 10.3 Å². The molecule has 0 aliphatic carbocycles. The molecule has 0 aliphatic heterocycles. The summed E-state index contributed by atoms with van der Waals surface area (Å²) in [5, 5.41) is 11.5. The second-order valence-corrected chi connectivity index (χ2v) is 5.43. The highest BCUT2D eigenvalue weighted by atomic mass is 16.4. The number of nitrogens with one attached hydrogen (secondary N) is 2. The Morgan fingerprint density at radius 3 is 2.52 bits per heavy atom. The molecule has 7 nitrogen and oxygen atoms in total. The van der Waals surface area contributed by atoms with Crippen molar-refractivity contribution in [3.05, 3.63) is 88.1 Å². The van der Waals surface area contributed by atoms with Crippen molar-refractivity contribution in [2.75, 3.05) is 5.32 Å². The number of hydrogen-bond acceptors (Lipinski definition) is 3. The number of anilines is 1. The number of carbonyl (C=O) groups excluding carboxylic acids is 1. The summed E-state index contributed by atoms with van der Waals surface area (Å²) in [6, 6.07) is 13.3. The molecule has 0 bridgehead atoms. The van der Waals surface area contributed by atoms with Crippen molar-refractivity contribution < 1.29 is 14.7 Å². The zero-order valence-corrected chi connectivity index (χ0v) is 13.1. The summed E-state index contributed by atoms with van der Waals surface area (Å²) < 4.78 is 1.58. The first-order chi connectivity index (χ1) is 12.0. The highest BCUT2D eigenvalue weighted by Crippen LogP contribution is 2.13. The van der Waals surface area contributed by atoms with Gasteiger partial charge < -0.3 is 20.0 Å². The average molecular weight is 337 g/mol. The second-order valence-electron chi connectivity index (χ2n) is 5.43. The largest absolute Gasteiger partial charge is 0.477 e. The Labute approximate surface area is 142 Å². The van der Waals surface area contributed by atoms with Gasteiger partial charge in [0.2, 0.25) is 0 Å². The fourth-order valence-electron chi connectivity index (χ4n) is 2.33. The Morgan fingerprint density at radius 1 is 1.12 bits per heavy atom. The van der Waals surface area contributed by atoms with Gasteiger partial charge in [0.1, 0.15) is 5.69 Å². The second kappa shape index (κ2) is 6.88. The minimum absolute atomic E-state index is 0.0474. The molecule has 2 aromatic heterocycles. The van der Waals surface area contributed by atoms with Crippen LogP contribution in [-0.2, 0) is 6.54 Å². The Morgan fingerprint density at radius 2 is 1.88 bits per heavy atom. The van der Waals surface area contributed by atoms with E-state index in [4.69, 9.17) is 5.11 Å². The molecule has 0 saturated carbocycles. The van der Waals surface area contributed by atoms with Crippen LogP contribution < -0.4 is 10.9 Å². The molecule has 0 radical (unpaired) electrons. The first-order valence-corrected chi connectivity index (χ1v) is 7.50. The zero-order valence-electron chi connectivity index (χ0n) is 13.1. The van der Waals surface area contributed by atoms with E-state index in [0.29, 0.717) is 12.2 Å². The predicted molar refractivity (Wildman–Crippen MR) is 92.0 cm³/mol. The number of aromatic nitrogens is 2. The number of pyridine rings is 1. The van der Waals surface area contributed by atoms with Crippen molar-refractivity contribution in [2.45, 2.75) is 6.54 Å². The molecule has 1 aromatic carbocycles. The quantitative estimate of drug-likeness (QED) is 0.663. The van der Waals surface area contributed by atoms with Crippen LogP contribution in [0.3, 0.4) is 0 Å². The molecule has 7 heteroatoms. The monoisotopic (exact) mass is 337 g/mol. The van der Waals surface area contributed by atoms with Crippen molar-refractivity contribution >= 4 is 17.6 Å². The van der Waals surface area contributed by atoms with Crippen LogP contribution in [0.2, 0.25) is 0 Å². The maximum Gasteiger partial charge on any atom is 0.352 e. The van der Waals surface area contributed by atoms with Crippen molar-refractivity contribution in [3.8, 4) is 0 Å². The normalized spacial score (nSPS) is 10.4. The van der Waals surface area contributed by atoms with Crippen molar-refractivity contribution in [3.63, 3.8) is 0 Å². The van der Waals surface area contributed by atoms with E-state index in [0.717, 1.165) is 5.56 Å². The van der Waals surface area contributed by atoms with Gasteiger partial charge in [0, 0.05) is 24.1 Å². The van der Waals surface area contributed by atoms with Gasteiger partial charge in [0.15, 0.2) is 0 Å². The van der Waals surface area contributed by atoms with Gasteiger partial charge >= 0.3 is 5.97 Å². The molecule has 0 atom stereocenters. The molecule has 0 fully saturated rings. The lowest BCUT2D eigenvalue weighted by atomic mass is 10.2. The number of carboxylic acid groups (broad SMARTS) is 1. The van der Waals surface area contributed by atoms with Crippen molar-refractivity contribution in [2.24, 2.45) is 0 Å². The van der Waals surface area contributed by atoms with Gasteiger partial charge in [-0.3, -0.25) is 9.59 Å². The number of benzene rings is 1. The first-order valence-electron chi connectivity index (χ1n) is 7.50. The maximum atomic E-state index is 12.1. The van der Waals surface area contributed by atoms with Crippen LogP contribution in [0.1, 0.15) is 26.4 Å². The highest BCUT2D eigenvalue weighted by Gasteiger charge is 2.12. The minimum atomic E-state index is -1.13. The fraction of sp³-hybridized carbons (Fsp3) is 0.0556. The van der Waals surface area contributed by atoms with Gasteiger partial charge in [0.25, 0.3) is 11.5 Å². The van der Waals surface area contributed by atoms with E-state index in [1.807, 2.05) is 12.1 Å². The third-order valence-corrected chi connectivity index (χ3v) is 3.64. The molecule has 0 spiro atoms. The first kappa shape index (κ1) is 16.3. The van der Waals surface area contributed by atoms with Crippen LogP contribution in [0, 0.1) is 0 Å². The summed E-state index contributed by atoms with van der Waals surface area (Å²) in [6.45, 7) is 0.438. The average Bonchev–Trinajstić information content (AvgIpc) is 3.09. The molecule has 3 aromatic rings. The van der Waals surface area contributed by atoms with Gasteiger partial charge in [0.05, 0.1) is 12.1 Å². The Kier molecular flexibility index (Phi) is 4.47. The van der Waals surface area contributed by atoms with E-state index >= 15 is 0 Å². The van der Waals surface area contributed by atoms with Crippen molar-refractivity contribution in [1.82, 2.24) is 9.55 Å². The molecule has 3 rings (SSSR count). The molecular formula is C18H15N3O4. The number of amides is 1. The van der Waals surface area contributed by atoms with Gasteiger partial charge in [-0.05, 0) is 29.8 Å². The number of rotatable bonds is 5. The Balaban J connectivity index is 1.68. The van der Waals surface area contributed by atoms with E-state index in [-0.39, 0.29) is 16.8 Å². The minimum Gasteiger partial charge on any atom is -0.477 e. The lowest BCUT2D eigenvalue weighted by Crippen LogP contribution is -2.18. The molecule has 0 aliphatic rings. The van der Waals surface area contributed by atoms with Gasteiger partial charge in [-0.2, -0.15) is 0 Å². The summed E-state index contributed by atoms with van der Waals surface area (Å²) in [7, 11) is 0. The lowest BCUT2D eigenvalue weighted by molar-refractivity contribution is 0.0691. The van der Waals surface area contributed by atoms with Crippen LogP contribution >= 0.6 is 0 Å². The number of aromatic amines is 1. The molecule has 1 amide bonds. The Bertz CT molecular complexity index is 970. The molecular weight excluding hydrogens is 322 g/mol. The van der Waals surface area contributed by atoms with Crippen LogP contribution in [0.25, 0.3) is 0 Å². The third-order valence-electron chi connectivity index (χ3n) is 3.64. The van der Waals surface area contributed by atoms with E-state index in [1.165, 1.54) is 18.3 Å². The van der Waals surface area contributed by atoms with Gasteiger partial charge in [-0.25, -0.2) is 4.79 Å². The third kappa shape index (κ3) is 3.84. The molecule has 126 valence electrons. The highest BCUT2D eigenvalue weighted by molar-refractivity contribution is 6.05. The number of H-pyrrole nitrogens is 1. The number of nitrogens with zero attached hydrogens (tertiary/aromatic N) is 1. The topological polar surface area (TPSA) is 104 Å². The predicted octanol–water partition coefficient (Wildman–Crippen LogP) is 2.18. The SMILES string of the molecule is O=C(Nc1ccc(Cn2ccccc2=O)cc1)c1c[nH]c(C(=O)O)c1. The lowest BCUT2D eigenvalue weighted by Gasteiger charge is -2.07. The number of carbonyl (C=O) groups is 2. The Hall–Kier alpha value is -3.61. The van der Waals surface area contributed by atoms with Crippen LogP contribution in [-0.4, -0.2) is 26.5 Å². The summed E-state index contributed by atoms with van der Waals surface area (Å²) in [6.07, 6.45) is 3.05. The van der Waals surface area contributed by atoms with Crippen molar-refractivity contribution in [1.29, 1.82) is 0 Å². The fourth-order valence-corrected chi connectivity index (χ4v) is 2.33. The summed E-state index contributed by atoms with van der Waals surface area (Å²) >= 11 is 0. The summed E-state index contributed by atoms with van der Waals surface area (Å²) in [5.41, 5.74) is 1.60.